The van der Waals surface area contributed by atoms with E-state index < -0.39 is 0 Å². The van der Waals surface area contributed by atoms with Crippen LogP contribution >= 0.6 is 0 Å². The Kier molecular flexibility index (Phi) is 4.76. The largest absolute Gasteiger partial charge is 0.355 e. The third-order valence-corrected chi connectivity index (χ3v) is 3.77. The maximum absolute atomic E-state index is 11.8. The van der Waals surface area contributed by atoms with Gasteiger partial charge in [-0.05, 0) is 26.7 Å². The first-order valence-corrected chi connectivity index (χ1v) is 7.17. The van der Waals surface area contributed by atoms with Crippen molar-refractivity contribution in [3.05, 3.63) is 11.4 Å². The molecule has 0 atom stereocenters. The fraction of sp³-hybridized carbons (Fsp3) is 0.643. The summed E-state index contributed by atoms with van der Waals surface area (Å²) >= 11 is 0. The van der Waals surface area contributed by atoms with Crippen LogP contribution in [0.3, 0.4) is 0 Å². The van der Waals surface area contributed by atoms with Crippen LogP contribution in [-0.4, -0.2) is 28.6 Å². The van der Waals surface area contributed by atoms with E-state index in [0.29, 0.717) is 6.54 Å². The molecule has 6 nitrogen and oxygen atoms in total. The lowest BCUT2D eigenvalue weighted by Crippen LogP contribution is -2.32. The molecule has 1 aliphatic rings. The fourth-order valence-corrected chi connectivity index (χ4v) is 2.57. The summed E-state index contributed by atoms with van der Waals surface area (Å²) in [6.45, 7) is 4.08. The number of nitrogens with one attached hydrogen (secondary N) is 3. The second-order valence-electron chi connectivity index (χ2n) is 5.38. The van der Waals surface area contributed by atoms with Gasteiger partial charge >= 0.3 is 0 Å². The number of hydrogen-bond acceptors (Lipinski definition) is 3. The van der Waals surface area contributed by atoms with Gasteiger partial charge in [0.25, 0.3) is 0 Å². The lowest BCUT2D eigenvalue weighted by Gasteiger charge is -2.10. The summed E-state index contributed by atoms with van der Waals surface area (Å²) in [7, 11) is 0. The Morgan fingerprint density at radius 2 is 2.00 bits per heavy atom. The Morgan fingerprint density at radius 3 is 2.60 bits per heavy atom. The van der Waals surface area contributed by atoms with Gasteiger partial charge in [-0.25, -0.2) is 0 Å². The van der Waals surface area contributed by atoms with Crippen LogP contribution < -0.4 is 10.6 Å². The highest BCUT2D eigenvalue weighted by atomic mass is 16.2. The predicted octanol–water partition coefficient (Wildman–Crippen LogP) is 1.66. The SMILES string of the molecule is Cc1n[nH]c(C)c1NC(=O)CCNC(=O)C1CCCC1. The highest BCUT2D eigenvalue weighted by Crippen LogP contribution is 2.24. The van der Waals surface area contributed by atoms with E-state index in [1.54, 1.807) is 0 Å². The molecule has 6 heteroatoms. The van der Waals surface area contributed by atoms with Gasteiger partial charge in [0.05, 0.1) is 17.1 Å². The topological polar surface area (TPSA) is 86.9 Å². The third kappa shape index (κ3) is 3.59. The Balaban J connectivity index is 1.71. The Hall–Kier alpha value is -1.85. The van der Waals surface area contributed by atoms with Gasteiger partial charge in [0.2, 0.25) is 11.8 Å². The molecule has 1 aromatic rings. The van der Waals surface area contributed by atoms with Crippen LogP contribution in [0.15, 0.2) is 0 Å². The second-order valence-corrected chi connectivity index (χ2v) is 5.38. The molecule has 1 aliphatic carbocycles. The van der Waals surface area contributed by atoms with Crippen molar-refractivity contribution in [1.29, 1.82) is 0 Å². The van der Waals surface area contributed by atoms with E-state index in [-0.39, 0.29) is 24.2 Å². The Morgan fingerprint density at radius 1 is 1.30 bits per heavy atom. The molecule has 2 amide bonds. The van der Waals surface area contributed by atoms with E-state index >= 15 is 0 Å². The number of nitrogens with zero attached hydrogens (tertiary/aromatic N) is 1. The average Bonchev–Trinajstić information content (AvgIpc) is 3.04. The molecule has 0 bridgehead atoms. The van der Waals surface area contributed by atoms with Gasteiger partial charge in [0.15, 0.2) is 0 Å². The molecule has 0 unspecified atom stereocenters. The van der Waals surface area contributed by atoms with Gasteiger partial charge < -0.3 is 10.6 Å². The fourth-order valence-electron chi connectivity index (χ4n) is 2.57. The number of carbonyl (C=O) groups excluding carboxylic acids is 2. The average molecular weight is 278 g/mol. The lowest BCUT2D eigenvalue weighted by atomic mass is 10.1. The summed E-state index contributed by atoms with van der Waals surface area (Å²) in [5.41, 5.74) is 2.34. The molecule has 0 aromatic carbocycles. The quantitative estimate of drug-likeness (QED) is 0.765. The first kappa shape index (κ1) is 14.6. The molecule has 20 heavy (non-hydrogen) atoms. The zero-order chi connectivity index (χ0) is 14.5. The van der Waals surface area contributed by atoms with E-state index in [9.17, 15) is 9.59 Å². The summed E-state index contributed by atoms with van der Waals surface area (Å²) in [5.74, 6) is 0.131. The molecule has 0 saturated heterocycles. The minimum absolute atomic E-state index is 0.0889. The molecular weight excluding hydrogens is 256 g/mol. The van der Waals surface area contributed by atoms with Crippen molar-refractivity contribution in [3.8, 4) is 0 Å². The number of amides is 2. The monoisotopic (exact) mass is 278 g/mol. The van der Waals surface area contributed by atoms with Crippen LogP contribution in [0.4, 0.5) is 5.69 Å². The number of aromatic nitrogens is 2. The van der Waals surface area contributed by atoms with E-state index in [2.05, 4.69) is 20.8 Å². The Labute approximate surface area is 118 Å². The number of anilines is 1. The van der Waals surface area contributed by atoms with Gasteiger partial charge in [-0.2, -0.15) is 5.10 Å². The van der Waals surface area contributed by atoms with E-state index in [1.807, 2.05) is 13.8 Å². The molecule has 110 valence electrons. The first-order valence-electron chi connectivity index (χ1n) is 7.17. The molecule has 0 spiro atoms. The normalized spacial score (nSPS) is 15.3. The van der Waals surface area contributed by atoms with Crippen molar-refractivity contribution >= 4 is 17.5 Å². The summed E-state index contributed by atoms with van der Waals surface area (Å²) < 4.78 is 0. The minimum Gasteiger partial charge on any atom is -0.355 e. The van der Waals surface area contributed by atoms with Gasteiger partial charge in [-0.15, -0.1) is 0 Å². The van der Waals surface area contributed by atoms with Crippen LogP contribution in [0, 0.1) is 19.8 Å². The van der Waals surface area contributed by atoms with Crippen molar-refractivity contribution in [2.75, 3.05) is 11.9 Å². The summed E-state index contributed by atoms with van der Waals surface area (Å²) in [5, 5.41) is 12.5. The zero-order valence-electron chi connectivity index (χ0n) is 12.1. The molecule has 0 aliphatic heterocycles. The van der Waals surface area contributed by atoms with Crippen molar-refractivity contribution in [1.82, 2.24) is 15.5 Å². The molecular formula is C14H22N4O2. The molecule has 0 radical (unpaired) electrons. The van der Waals surface area contributed by atoms with Gasteiger partial charge in [0, 0.05) is 18.9 Å². The molecule has 1 saturated carbocycles. The number of H-pyrrole nitrogens is 1. The highest BCUT2D eigenvalue weighted by Gasteiger charge is 2.22. The van der Waals surface area contributed by atoms with Crippen molar-refractivity contribution < 1.29 is 9.59 Å². The van der Waals surface area contributed by atoms with Gasteiger partial charge in [-0.1, -0.05) is 12.8 Å². The minimum atomic E-state index is -0.107. The summed E-state index contributed by atoms with van der Waals surface area (Å²) in [6.07, 6.45) is 4.51. The zero-order valence-corrected chi connectivity index (χ0v) is 12.1. The molecule has 3 N–H and O–H groups in total. The van der Waals surface area contributed by atoms with E-state index in [1.165, 1.54) is 0 Å². The molecule has 2 rings (SSSR count). The second kappa shape index (κ2) is 6.54. The molecule has 1 fully saturated rings. The number of rotatable bonds is 5. The standard InChI is InChI=1S/C14H22N4O2/c1-9-13(10(2)18-17-9)16-12(19)7-8-15-14(20)11-5-3-4-6-11/h11H,3-8H2,1-2H3,(H,15,20)(H,16,19)(H,17,18). The maximum Gasteiger partial charge on any atom is 0.226 e. The summed E-state index contributed by atoms with van der Waals surface area (Å²) in [4.78, 5) is 23.6. The van der Waals surface area contributed by atoms with E-state index in [0.717, 1.165) is 42.8 Å². The van der Waals surface area contributed by atoms with Crippen LogP contribution in [0.5, 0.6) is 0 Å². The number of aromatic amines is 1. The number of carbonyl (C=O) groups is 2. The summed E-state index contributed by atoms with van der Waals surface area (Å²) in [6, 6.07) is 0. The highest BCUT2D eigenvalue weighted by molar-refractivity contribution is 5.92. The maximum atomic E-state index is 11.8. The van der Waals surface area contributed by atoms with Crippen LogP contribution in [0.1, 0.15) is 43.5 Å². The third-order valence-electron chi connectivity index (χ3n) is 3.77. The number of hydrogen-bond donors (Lipinski definition) is 3. The van der Waals surface area contributed by atoms with Crippen LogP contribution in [0.2, 0.25) is 0 Å². The predicted molar refractivity (Wildman–Crippen MR) is 76.3 cm³/mol. The molecule has 1 aromatic heterocycles. The smallest absolute Gasteiger partial charge is 0.226 e. The number of aryl methyl sites for hydroxylation is 2. The van der Waals surface area contributed by atoms with Crippen LogP contribution in [0.25, 0.3) is 0 Å². The van der Waals surface area contributed by atoms with Crippen molar-refractivity contribution in [3.63, 3.8) is 0 Å². The van der Waals surface area contributed by atoms with Crippen molar-refractivity contribution in [2.45, 2.75) is 46.0 Å². The molecule has 1 heterocycles. The first-order chi connectivity index (χ1) is 9.58. The van der Waals surface area contributed by atoms with Gasteiger partial charge in [-0.3, -0.25) is 14.7 Å². The van der Waals surface area contributed by atoms with E-state index in [4.69, 9.17) is 0 Å². The van der Waals surface area contributed by atoms with Crippen molar-refractivity contribution in [2.24, 2.45) is 5.92 Å². The van der Waals surface area contributed by atoms with Crippen LogP contribution in [-0.2, 0) is 9.59 Å². The van der Waals surface area contributed by atoms with Gasteiger partial charge in [0.1, 0.15) is 0 Å². The Bertz CT molecular complexity index is 470. The lowest BCUT2D eigenvalue weighted by molar-refractivity contribution is -0.124.